The van der Waals surface area contributed by atoms with Crippen molar-refractivity contribution in [3.63, 3.8) is 0 Å². The van der Waals surface area contributed by atoms with E-state index in [1.165, 1.54) is 11.1 Å². The molecule has 0 spiro atoms. The molecule has 23 heavy (non-hydrogen) atoms. The molecule has 1 aromatic carbocycles. The first-order chi connectivity index (χ1) is 11.0. The second-order valence-corrected chi connectivity index (χ2v) is 6.81. The van der Waals surface area contributed by atoms with E-state index >= 15 is 0 Å². The van der Waals surface area contributed by atoms with Crippen LogP contribution in [-0.4, -0.2) is 35.8 Å². The lowest BCUT2D eigenvalue weighted by Gasteiger charge is -2.33. The fourth-order valence-electron chi connectivity index (χ4n) is 3.31. The van der Waals surface area contributed by atoms with Crippen molar-refractivity contribution < 1.29 is 9.59 Å². The number of amides is 2. The largest absolute Gasteiger partial charge is 0.349 e. The van der Waals surface area contributed by atoms with E-state index in [0.29, 0.717) is 0 Å². The molecule has 0 bridgehead atoms. The number of nitrogens with one attached hydrogen (secondary N) is 2. The first kappa shape index (κ1) is 16.0. The molecule has 0 unspecified atom stereocenters. The van der Waals surface area contributed by atoms with Gasteiger partial charge in [-0.3, -0.25) is 9.59 Å². The topological polar surface area (TPSA) is 61.4 Å². The Hall–Kier alpha value is -1.88. The number of rotatable bonds is 3. The lowest BCUT2D eigenvalue weighted by molar-refractivity contribution is -0.135. The van der Waals surface area contributed by atoms with Crippen molar-refractivity contribution in [3.05, 3.63) is 34.9 Å². The molecule has 1 fully saturated rings. The Morgan fingerprint density at radius 3 is 2.57 bits per heavy atom. The molecule has 1 saturated heterocycles. The van der Waals surface area contributed by atoms with Gasteiger partial charge in [-0.1, -0.05) is 19.9 Å². The van der Waals surface area contributed by atoms with Crippen LogP contribution < -0.4 is 10.6 Å². The Kier molecular flexibility index (Phi) is 4.66. The van der Waals surface area contributed by atoms with Crippen molar-refractivity contribution in [1.29, 1.82) is 0 Å². The molecule has 3 rings (SSSR count). The van der Waals surface area contributed by atoms with E-state index < -0.39 is 0 Å². The molecule has 0 radical (unpaired) electrons. The average Bonchev–Trinajstić information content (AvgIpc) is 3.02. The van der Waals surface area contributed by atoms with E-state index in [0.717, 1.165) is 44.6 Å². The van der Waals surface area contributed by atoms with Crippen LogP contribution in [0.5, 0.6) is 0 Å². The third-order valence-electron chi connectivity index (χ3n) is 4.74. The molecule has 5 heteroatoms. The highest BCUT2D eigenvalue weighted by molar-refractivity contribution is 5.94. The highest BCUT2D eigenvalue weighted by atomic mass is 16.2. The van der Waals surface area contributed by atoms with Crippen LogP contribution in [0.15, 0.2) is 18.2 Å². The van der Waals surface area contributed by atoms with Gasteiger partial charge in [-0.25, -0.2) is 0 Å². The van der Waals surface area contributed by atoms with Gasteiger partial charge in [0.15, 0.2) is 0 Å². The predicted molar refractivity (Wildman–Crippen MR) is 88.9 cm³/mol. The number of carbonyl (C=O) groups excluding carboxylic acids is 2. The predicted octanol–water partition coefficient (Wildman–Crippen LogP) is 1.67. The molecule has 2 aliphatic rings. The first-order valence-corrected chi connectivity index (χ1v) is 8.47. The fraction of sp³-hybridized carbons (Fsp3) is 0.556. The van der Waals surface area contributed by atoms with Crippen molar-refractivity contribution in [2.75, 3.05) is 13.1 Å². The van der Waals surface area contributed by atoms with Crippen LogP contribution in [0.25, 0.3) is 0 Å². The molecule has 0 aromatic heterocycles. The number of hydrogen-bond acceptors (Lipinski definition) is 3. The summed E-state index contributed by atoms with van der Waals surface area (Å²) < 4.78 is 0. The van der Waals surface area contributed by atoms with Gasteiger partial charge in [-0.2, -0.15) is 0 Å². The van der Waals surface area contributed by atoms with Crippen molar-refractivity contribution in [3.8, 4) is 0 Å². The number of nitrogens with zero attached hydrogens (tertiary/aromatic N) is 1. The monoisotopic (exact) mass is 315 g/mol. The number of fused-ring (bicyclic) bond motifs is 1. The van der Waals surface area contributed by atoms with E-state index in [1.807, 2.05) is 36.9 Å². The second-order valence-electron chi connectivity index (χ2n) is 6.81. The van der Waals surface area contributed by atoms with E-state index in [9.17, 15) is 9.59 Å². The molecule has 0 saturated carbocycles. The van der Waals surface area contributed by atoms with Gasteiger partial charge < -0.3 is 15.5 Å². The summed E-state index contributed by atoms with van der Waals surface area (Å²) in [6, 6.07) is 6.08. The van der Waals surface area contributed by atoms with Gasteiger partial charge in [0.25, 0.3) is 5.91 Å². The van der Waals surface area contributed by atoms with Crippen molar-refractivity contribution in [2.24, 2.45) is 5.92 Å². The molecule has 2 amide bonds. The summed E-state index contributed by atoms with van der Waals surface area (Å²) in [6.07, 6.45) is 1.66. The normalized spacial score (nSPS) is 18.1. The summed E-state index contributed by atoms with van der Waals surface area (Å²) in [6.45, 7) is 7.05. The molecule has 1 aromatic rings. The quantitative estimate of drug-likeness (QED) is 0.892. The zero-order chi connectivity index (χ0) is 16.4. The van der Waals surface area contributed by atoms with Gasteiger partial charge in [0.05, 0.1) is 0 Å². The number of benzene rings is 1. The first-order valence-electron chi connectivity index (χ1n) is 8.47. The Morgan fingerprint density at radius 2 is 1.87 bits per heavy atom. The minimum atomic E-state index is -0.00617. The second kappa shape index (κ2) is 6.71. The van der Waals surface area contributed by atoms with Crippen molar-refractivity contribution >= 4 is 11.8 Å². The molecule has 2 aliphatic heterocycles. The van der Waals surface area contributed by atoms with Crippen molar-refractivity contribution in [2.45, 2.75) is 45.8 Å². The smallest absolute Gasteiger partial charge is 0.251 e. The third kappa shape index (κ3) is 3.55. The maximum Gasteiger partial charge on any atom is 0.251 e. The van der Waals surface area contributed by atoms with Gasteiger partial charge in [0, 0.05) is 43.7 Å². The van der Waals surface area contributed by atoms with Gasteiger partial charge in [-0.15, -0.1) is 0 Å². The standard InChI is InChI=1S/C18H25N3O2/c1-12(2)18(23)21-7-5-16(6-8-21)20-17(22)13-3-4-14-10-19-11-15(14)9-13/h3-4,9,12,16,19H,5-8,10-11H2,1-2H3,(H,20,22). The van der Waals surface area contributed by atoms with Crippen LogP contribution in [0.1, 0.15) is 48.2 Å². The fourth-order valence-corrected chi connectivity index (χ4v) is 3.31. The number of carbonyl (C=O) groups is 2. The molecule has 5 nitrogen and oxygen atoms in total. The maximum atomic E-state index is 12.4. The summed E-state index contributed by atoms with van der Waals surface area (Å²) >= 11 is 0. The summed E-state index contributed by atoms with van der Waals surface area (Å²) in [7, 11) is 0. The van der Waals surface area contributed by atoms with Crippen LogP contribution in [-0.2, 0) is 17.9 Å². The van der Waals surface area contributed by atoms with Gasteiger partial charge >= 0.3 is 0 Å². The van der Waals surface area contributed by atoms with Crippen LogP contribution in [0, 0.1) is 5.92 Å². The van der Waals surface area contributed by atoms with Crippen LogP contribution in [0.2, 0.25) is 0 Å². The molecular formula is C18H25N3O2. The van der Waals surface area contributed by atoms with E-state index in [2.05, 4.69) is 10.6 Å². The number of hydrogen-bond donors (Lipinski definition) is 2. The lowest BCUT2D eigenvalue weighted by atomic mass is 10.0. The Bertz CT molecular complexity index is 604. The molecule has 0 aliphatic carbocycles. The Labute approximate surface area is 137 Å². The van der Waals surface area contributed by atoms with Gasteiger partial charge in [-0.05, 0) is 36.1 Å². The summed E-state index contributed by atoms with van der Waals surface area (Å²) in [5.41, 5.74) is 3.23. The molecular weight excluding hydrogens is 290 g/mol. The summed E-state index contributed by atoms with van der Waals surface area (Å²) in [5, 5.41) is 6.41. The molecule has 124 valence electrons. The average molecular weight is 315 g/mol. The minimum Gasteiger partial charge on any atom is -0.349 e. The van der Waals surface area contributed by atoms with E-state index in [4.69, 9.17) is 0 Å². The van der Waals surface area contributed by atoms with Crippen LogP contribution in [0.3, 0.4) is 0 Å². The Morgan fingerprint density at radius 1 is 1.17 bits per heavy atom. The van der Waals surface area contributed by atoms with Gasteiger partial charge in [0.1, 0.15) is 0 Å². The highest BCUT2D eigenvalue weighted by Gasteiger charge is 2.25. The van der Waals surface area contributed by atoms with E-state index in [-0.39, 0.29) is 23.8 Å². The van der Waals surface area contributed by atoms with Crippen LogP contribution in [0.4, 0.5) is 0 Å². The maximum absolute atomic E-state index is 12.4. The lowest BCUT2D eigenvalue weighted by Crippen LogP contribution is -2.47. The Balaban J connectivity index is 1.54. The zero-order valence-electron chi connectivity index (χ0n) is 13.9. The number of piperidine rings is 1. The van der Waals surface area contributed by atoms with Crippen molar-refractivity contribution in [1.82, 2.24) is 15.5 Å². The van der Waals surface area contributed by atoms with E-state index in [1.54, 1.807) is 0 Å². The highest BCUT2D eigenvalue weighted by Crippen LogP contribution is 2.18. The van der Waals surface area contributed by atoms with Crippen LogP contribution >= 0.6 is 0 Å². The number of likely N-dealkylation sites (tertiary alicyclic amines) is 1. The zero-order valence-corrected chi connectivity index (χ0v) is 13.9. The summed E-state index contributed by atoms with van der Waals surface area (Å²) in [4.78, 5) is 26.3. The molecule has 2 heterocycles. The molecule has 2 N–H and O–H groups in total. The minimum absolute atomic E-state index is 0.00617. The third-order valence-corrected chi connectivity index (χ3v) is 4.74. The molecule has 0 atom stereocenters. The van der Waals surface area contributed by atoms with Gasteiger partial charge in [0.2, 0.25) is 5.91 Å². The summed E-state index contributed by atoms with van der Waals surface area (Å²) in [5.74, 6) is 0.246. The SMILES string of the molecule is CC(C)C(=O)N1CCC(NC(=O)c2ccc3c(c2)CNC3)CC1.